The minimum atomic E-state index is -3.00. The summed E-state index contributed by atoms with van der Waals surface area (Å²) in [6, 6.07) is 3.59. The van der Waals surface area contributed by atoms with E-state index in [2.05, 4.69) is 9.46 Å². The van der Waals surface area contributed by atoms with Gasteiger partial charge in [0.1, 0.15) is 12.4 Å². The Morgan fingerprint density at radius 1 is 1.44 bits per heavy atom. The number of hydrogen-bond donors (Lipinski definition) is 1. The standard InChI is InChI=1S/C17H20N4O5S/c1-27(25,19-17(24)12-7-11(12)14-3-2-6-26-14)15-8-18-21-5-4-20(9-13(15)21)16(23)10-22/h2-3,6,8,11-12,22H,4-5,7,9-10H2,1H3/t11-,12-,27?/m1/s1. The number of amides is 2. The van der Waals surface area contributed by atoms with Gasteiger partial charge in [-0.1, -0.05) is 0 Å². The molecule has 2 aliphatic rings. The highest BCUT2D eigenvalue weighted by molar-refractivity contribution is 7.93. The molecule has 1 fully saturated rings. The Balaban J connectivity index is 1.57. The zero-order chi connectivity index (χ0) is 19.2. The molecule has 1 aliphatic heterocycles. The maximum Gasteiger partial charge on any atom is 0.257 e. The van der Waals surface area contributed by atoms with E-state index in [1.165, 1.54) is 17.4 Å². The van der Waals surface area contributed by atoms with Gasteiger partial charge in [-0.15, -0.1) is 0 Å². The van der Waals surface area contributed by atoms with Crippen LogP contribution in [0.3, 0.4) is 0 Å². The van der Waals surface area contributed by atoms with Gasteiger partial charge < -0.3 is 14.4 Å². The van der Waals surface area contributed by atoms with Gasteiger partial charge in [0.25, 0.3) is 5.91 Å². The summed E-state index contributed by atoms with van der Waals surface area (Å²) in [5, 5.41) is 13.3. The fraction of sp³-hybridized carbons (Fsp3) is 0.471. The molecule has 1 unspecified atom stereocenters. The highest BCUT2D eigenvalue weighted by Gasteiger charge is 2.46. The lowest BCUT2D eigenvalue weighted by Gasteiger charge is -2.27. The summed E-state index contributed by atoms with van der Waals surface area (Å²) in [5.41, 5.74) is 0.588. The SMILES string of the molecule is CS(=O)(=NC(=O)[C@@H]1C[C@H]1c1ccco1)c1cnn2c1CN(C(=O)CO)CC2. The van der Waals surface area contributed by atoms with Crippen LogP contribution in [0.25, 0.3) is 0 Å². The number of aromatic nitrogens is 2. The summed E-state index contributed by atoms with van der Waals surface area (Å²) in [6.45, 7) is 0.459. The lowest BCUT2D eigenvalue weighted by Crippen LogP contribution is -2.40. The van der Waals surface area contributed by atoms with Crippen LogP contribution in [0.2, 0.25) is 0 Å². The van der Waals surface area contributed by atoms with Crippen LogP contribution in [0.1, 0.15) is 23.8 Å². The van der Waals surface area contributed by atoms with Gasteiger partial charge in [-0.05, 0) is 18.6 Å². The number of furan rings is 1. The molecule has 1 aliphatic carbocycles. The first kappa shape index (κ1) is 17.9. The van der Waals surface area contributed by atoms with E-state index in [-0.39, 0.29) is 18.4 Å². The first-order valence-electron chi connectivity index (χ1n) is 8.63. The molecule has 3 heterocycles. The molecule has 1 saturated carbocycles. The molecule has 2 aromatic rings. The second kappa shape index (κ2) is 6.61. The maximum atomic E-state index is 13.2. The Kier molecular flexibility index (Phi) is 4.39. The fourth-order valence-electron chi connectivity index (χ4n) is 3.42. The van der Waals surface area contributed by atoms with E-state index in [4.69, 9.17) is 9.52 Å². The quantitative estimate of drug-likeness (QED) is 0.814. The molecule has 0 bridgehead atoms. The Morgan fingerprint density at radius 3 is 2.96 bits per heavy atom. The summed E-state index contributed by atoms with van der Waals surface area (Å²) in [7, 11) is -3.00. The van der Waals surface area contributed by atoms with E-state index < -0.39 is 28.2 Å². The van der Waals surface area contributed by atoms with Gasteiger partial charge in [-0.2, -0.15) is 9.46 Å². The molecule has 144 valence electrons. The van der Waals surface area contributed by atoms with Crippen LogP contribution in [0, 0.1) is 5.92 Å². The van der Waals surface area contributed by atoms with Crippen LogP contribution in [-0.2, 0) is 32.4 Å². The minimum Gasteiger partial charge on any atom is -0.469 e. The highest BCUT2D eigenvalue weighted by Crippen LogP contribution is 2.48. The predicted octanol–water partition coefficient (Wildman–Crippen LogP) is 0.598. The number of rotatable bonds is 4. The summed E-state index contributed by atoms with van der Waals surface area (Å²) < 4.78 is 24.2. The Hall–Kier alpha value is -2.46. The van der Waals surface area contributed by atoms with Crippen molar-refractivity contribution in [3.8, 4) is 0 Å². The zero-order valence-electron chi connectivity index (χ0n) is 14.8. The molecule has 0 aromatic carbocycles. The van der Waals surface area contributed by atoms with Gasteiger partial charge in [0.05, 0.1) is 51.8 Å². The van der Waals surface area contributed by atoms with Crippen molar-refractivity contribution in [1.29, 1.82) is 0 Å². The van der Waals surface area contributed by atoms with Crippen molar-refractivity contribution in [2.45, 2.75) is 30.3 Å². The van der Waals surface area contributed by atoms with E-state index in [1.807, 2.05) is 6.07 Å². The van der Waals surface area contributed by atoms with Crippen molar-refractivity contribution in [2.75, 3.05) is 19.4 Å². The normalized spacial score (nSPS) is 23.4. The molecule has 9 nitrogen and oxygen atoms in total. The Labute approximate surface area is 156 Å². The van der Waals surface area contributed by atoms with Crippen molar-refractivity contribution in [2.24, 2.45) is 10.3 Å². The van der Waals surface area contributed by atoms with Gasteiger partial charge in [-0.3, -0.25) is 14.3 Å². The molecule has 4 rings (SSSR count). The van der Waals surface area contributed by atoms with Crippen LogP contribution in [0.5, 0.6) is 0 Å². The van der Waals surface area contributed by atoms with Gasteiger partial charge in [0, 0.05) is 18.7 Å². The summed E-state index contributed by atoms with van der Waals surface area (Å²) in [6.07, 6.45) is 5.07. The predicted molar refractivity (Wildman–Crippen MR) is 94.1 cm³/mol. The molecule has 0 spiro atoms. The largest absolute Gasteiger partial charge is 0.469 e. The average molecular weight is 392 g/mol. The molecule has 0 saturated heterocycles. The fourth-order valence-corrected chi connectivity index (χ4v) is 4.85. The van der Waals surface area contributed by atoms with Crippen LogP contribution in [-0.4, -0.2) is 55.2 Å². The lowest BCUT2D eigenvalue weighted by molar-refractivity contribution is -0.135. The van der Waals surface area contributed by atoms with E-state index in [1.54, 1.807) is 17.0 Å². The van der Waals surface area contributed by atoms with Crippen molar-refractivity contribution in [1.82, 2.24) is 14.7 Å². The van der Waals surface area contributed by atoms with E-state index in [0.29, 0.717) is 30.1 Å². The number of aliphatic hydroxyl groups is 1. The van der Waals surface area contributed by atoms with E-state index >= 15 is 0 Å². The van der Waals surface area contributed by atoms with Crippen molar-refractivity contribution in [3.05, 3.63) is 36.0 Å². The smallest absolute Gasteiger partial charge is 0.257 e. The molecule has 0 radical (unpaired) electrons. The molecule has 10 heteroatoms. The topological polar surface area (TPSA) is 118 Å². The second-order valence-corrected chi connectivity index (χ2v) is 9.08. The summed E-state index contributed by atoms with van der Waals surface area (Å²) >= 11 is 0. The van der Waals surface area contributed by atoms with Gasteiger partial charge in [-0.25, -0.2) is 4.21 Å². The van der Waals surface area contributed by atoms with Crippen LogP contribution >= 0.6 is 0 Å². The van der Waals surface area contributed by atoms with E-state index in [0.717, 1.165) is 5.76 Å². The van der Waals surface area contributed by atoms with Crippen LogP contribution in [0.15, 0.2) is 38.3 Å². The Morgan fingerprint density at radius 2 is 2.26 bits per heavy atom. The van der Waals surface area contributed by atoms with Crippen molar-refractivity contribution >= 4 is 21.5 Å². The van der Waals surface area contributed by atoms with Gasteiger partial charge in [0.2, 0.25) is 5.91 Å². The molecular formula is C17H20N4O5S. The van der Waals surface area contributed by atoms with Crippen LogP contribution < -0.4 is 0 Å². The van der Waals surface area contributed by atoms with Crippen molar-refractivity contribution in [3.63, 3.8) is 0 Å². The molecule has 3 atom stereocenters. The lowest BCUT2D eigenvalue weighted by atomic mass is 10.2. The molecule has 2 aromatic heterocycles. The third-order valence-corrected chi connectivity index (χ3v) is 6.69. The molecular weight excluding hydrogens is 372 g/mol. The number of hydrogen-bond acceptors (Lipinski definition) is 6. The van der Waals surface area contributed by atoms with Crippen LogP contribution in [0.4, 0.5) is 0 Å². The summed E-state index contributed by atoms with van der Waals surface area (Å²) in [5.74, 6) is -0.376. The second-order valence-electron chi connectivity index (χ2n) is 6.85. The number of carbonyl (C=O) groups is 2. The monoisotopic (exact) mass is 392 g/mol. The third-order valence-electron chi connectivity index (χ3n) is 5.01. The third kappa shape index (κ3) is 3.30. The molecule has 1 N–H and O–H groups in total. The number of carbonyl (C=O) groups excluding carboxylic acids is 2. The zero-order valence-corrected chi connectivity index (χ0v) is 15.6. The van der Waals surface area contributed by atoms with Gasteiger partial charge >= 0.3 is 0 Å². The maximum absolute atomic E-state index is 13.2. The number of fused-ring (bicyclic) bond motifs is 1. The Bertz CT molecular complexity index is 1000. The number of aliphatic hydroxyl groups excluding tert-OH is 1. The minimum absolute atomic E-state index is 0.00908. The molecule has 2 amide bonds. The highest BCUT2D eigenvalue weighted by atomic mass is 32.2. The average Bonchev–Trinajstić information content (AvgIpc) is 3.07. The van der Waals surface area contributed by atoms with Crippen molar-refractivity contribution < 1.29 is 23.3 Å². The number of nitrogens with zero attached hydrogens (tertiary/aromatic N) is 4. The summed E-state index contributed by atoms with van der Waals surface area (Å²) in [4.78, 5) is 26.1. The first-order valence-corrected chi connectivity index (χ1v) is 10.6. The van der Waals surface area contributed by atoms with Gasteiger partial charge in [0.15, 0.2) is 0 Å². The first-order chi connectivity index (χ1) is 12.9. The molecule has 27 heavy (non-hydrogen) atoms. The van der Waals surface area contributed by atoms with E-state index in [9.17, 15) is 13.8 Å².